The molecule has 0 aromatic heterocycles. The van der Waals surface area contributed by atoms with E-state index in [4.69, 9.17) is 0 Å². The molecule has 3 heteroatoms. The molecule has 0 atom stereocenters. The molecule has 0 fully saturated rings. The van der Waals surface area contributed by atoms with Crippen molar-refractivity contribution in [2.75, 3.05) is 16.8 Å². The third kappa shape index (κ3) is 2.64. The van der Waals surface area contributed by atoms with Crippen molar-refractivity contribution in [3.63, 3.8) is 0 Å². The molecule has 1 amide bonds. The Morgan fingerprint density at radius 1 is 1.10 bits per heavy atom. The quantitative estimate of drug-likeness (QED) is 0.929. The molecular formula is C18H20N2O. The van der Waals surface area contributed by atoms with Crippen LogP contribution >= 0.6 is 0 Å². The van der Waals surface area contributed by atoms with Gasteiger partial charge >= 0.3 is 0 Å². The van der Waals surface area contributed by atoms with Crippen LogP contribution in [0.5, 0.6) is 0 Å². The minimum absolute atomic E-state index is 0.0729. The van der Waals surface area contributed by atoms with Crippen LogP contribution in [0.4, 0.5) is 11.4 Å². The standard InChI is InChI=1S/C18H20N2O/c1-13(2)19-16-9-5-4-8-15(16)18(21)20-12-11-14-7-3-6-10-17(14)20/h3-10,13,19H,11-12H2,1-2H3. The maximum atomic E-state index is 12.9. The highest BCUT2D eigenvalue weighted by Gasteiger charge is 2.26. The number of carbonyl (C=O) groups is 1. The summed E-state index contributed by atoms with van der Waals surface area (Å²) >= 11 is 0. The molecule has 1 aliphatic rings. The van der Waals surface area contributed by atoms with Gasteiger partial charge in [0, 0.05) is 24.0 Å². The number of benzene rings is 2. The first-order valence-electron chi connectivity index (χ1n) is 7.42. The predicted molar refractivity (Wildman–Crippen MR) is 87.0 cm³/mol. The Morgan fingerprint density at radius 3 is 2.62 bits per heavy atom. The molecule has 0 radical (unpaired) electrons. The minimum atomic E-state index is 0.0729. The van der Waals surface area contributed by atoms with Gasteiger partial charge in [-0.3, -0.25) is 4.79 Å². The largest absolute Gasteiger partial charge is 0.382 e. The van der Waals surface area contributed by atoms with Crippen LogP contribution in [0.3, 0.4) is 0 Å². The average Bonchev–Trinajstić information content (AvgIpc) is 2.90. The maximum absolute atomic E-state index is 12.9. The molecule has 108 valence electrons. The number of nitrogens with one attached hydrogen (secondary N) is 1. The minimum Gasteiger partial charge on any atom is -0.382 e. The van der Waals surface area contributed by atoms with Crippen LogP contribution in [0.25, 0.3) is 0 Å². The van der Waals surface area contributed by atoms with Gasteiger partial charge in [0.2, 0.25) is 0 Å². The Kier molecular flexibility index (Phi) is 3.65. The zero-order valence-electron chi connectivity index (χ0n) is 12.5. The summed E-state index contributed by atoms with van der Waals surface area (Å²) in [5.74, 6) is 0.0729. The molecule has 3 rings (SSSR count). The second kappa shape index (κ2) is 5.60. The van der Waals surface area contributed by atoms with Gasteiger partial charge in [-0.05, 0) is 44.0 Å². The van der Waals surface area contributed by atoms with E-state index >= 15 is 0 Å². The van der Waals surface area contributed by atoms with E-state index in [0.29, 0.717) is 6.04 Å². The van der Waals surface area contributed by atoms with E-state index in [9.17, 15) is 4.79 Å². The average molecular weight is 280 g/mol. The molecule has 3 nitrogen and oxygen atoms in total. The molecule has 2 aromatic rings. The van der Waals surface area contributed by atoms with Crippen LogP contribution in [0.15, 0.2) is 48.5 Å². The molecule has 2 aromatic carbocycles. The fraction of sp³-hybridized carbons (Fsp3) is 0.278. The van der Waals surface area contributed by atoms with Gasteiger partial charge in [-0.1, -0.05) is 30.3 Å². The molecule has 1 N–H and O–H groups in total. The van der Waals surface area contributed by atoms with Gasteiger partial charge < -0.3 is 10.2 Å². The number of hydrogen-bond acceptors (Lipinski definition) is 2. The summed E-state index contributed by atoms with van der Waals surface area (Å²) in [5.41, 5.74) is 3.94. The van der Waals surface area contributed by atoms with E-state index in [-0.39, 0.29) is 5.91 Å². The molecule has 0 aliphatic carbocycles. The number of rotatable bonds is 3. The summed E-state index contributed by atoms with van der Waals surface area (Å²) < 4.78 is 0. The predicted octanol–water partition coefficient (Wildman–Crippen LogP) is 3.71. The van der Waals surface area contributed by atoms with Crippen LogP contribution in [0, 0.1) is 0 Å². The van der Waals surface area contributed by atoms with Gasteiger partial charge in [0.05, 0.1) is 5.56 Å². The lowest BCUT2D eigenvalue weighted by molar-refractivity contribution is 0.0990. The third-order valence-electron chi connectivity index (χ3n) is 3.73. The summed E-state index contributed by atoms with van der Waals surface area (Å²) in [6.45, 7) is 4.91. The van der Waals surface area contributed by atoms with Crippen molar-refractivity contribution in [3.8, 4) is 0 Å². The van der Waals surface area contributed by atoms with Gasteiger partial charge in [0.1, 0.15) is 0 Å². The second-order valence-electron chi connectivity index (χ2n) is 5.68. The number of hydrogen-bond donors (Lipinski definition) is 1. The van der Waals surface area contributed by atoms with Crippen LogP contribution in [0.2, 0.25) is 0 Å². The third-order valence-corrected chi connectivity index (χ3v) is 3.73. The number of amides is 1. The van der Waals surface area contributed by atoms with Crippen molar-refractivity contribution in [3.05, 3.63) is 59.7 Å². The van der Waals surface area contributed by atoms with Crippen molar-refractivity contribution >= 4 is 17.3 Å². The van der Waals surface area contributed by atoms with E-state index in [1.165, 1.54) is 5.56 Å². The summed E-state index contributed by atoms with van der Waals surface area (Å²) in [7, 11) is 0. The van der Waals surface area contributed by atoms with Crippen LogP contribution in [-0.2, 0) is 6.42 Å². The number of carbonyl (C=O) groups excluding carboxylic acids is 1. The highest BCUT2D eigenvalue weighted by Crippen LogP contribution is 2.30. The van der Waals surface area contributed by atoms with Gasteiger partial charge in [-0.2, -0.15) is 0 Å². The van der Waals surface area contributed by atoms with Crippen molar-refractivity contribution in [2.45, 2.75) is 26.3 Å². The first-order chi connectivity index (χ1) is 10.2. The number of fused-ring (bicyclic) bond motifs is 1. The molecule has 0 saturated heterocycles. The van der Waals surface area contributed by atoms with E-state index in [1.54, 1.807) is 0 Å². The molecule has 0 spiro atoms. The summed E-state index contributed by atoms with van der Waals surface area (Å²) in [6.07, 6.45) is 0.932. The maximum Gasteiger partial charge on any atom is 0.260 e. The molecule has 1 heterocycles. The van der Waals surface area contributed by atoms with Crippen LogP contribution in [-0.4, -0.2) is 18.5 Å². The first-order valence-corrected chi connectivity index (χ1v) is 7.42. The summed E-state index contributed by atoms with van der Waals surface area (Å²) in [4.78, 5) is 14.8. The number of nitrogens with zero attached hydrogens (tertiary/aromatic N) is 1. The van der Waals surface area contributed by atoms with Crippen molar-refractivity contribution in [1.82, 2.24) is 0 Å². The molecular weight excluding hydrogens is 260 g/mol. The number of para-hydroxylation sites is 2. The van der Waals surface area contributed by atoms with Crippen molar-refractivity contribution in [2.24, 2.45) is 0 Å². The fourth-order valence-electron chi connectivity index (χ4n) is 2.80. The Labute approximate surface area is 125 Å². The number of anilines is 2. The van der Waals surface area contributed by atoms with Crippen molar-refractivity contribution in [1.29, 1.82) is 0 Å². The van der Waals surface area contributed by atoms with E-state index < -0.39 is 0 Å². The van der Waals surface area contributed by atoms with E-state index in [2.05, 4.69) is 25.2 Å². The monoisotopic (exact) mass is 280 g/mol. The lowest BCUT2D eigenvalue weighted by atomic mass is 10.1. The lowest BCUT2D eigenvalue weighted by Crippen LogP contribution is -2.30. The van der Waals surface area contributed by atoms with E-state index in [0.717, 1.165) is 29.9 Å². The Hall–Kier alpha value is -2.29. The van der Waals surface area contributed by atoms with Gasteiger partial charge in [0.15, 0.2) is 0 Å². The highest BCUT2D eigenvalue weighted by atomic mass is 16.2. The molecule has 1 aliphatic heterocycles. The summed E-state index contributed by atoms with van der Waals surface area (Å²) in [6, 6.07) is 16.2. The second-order valence-corrected chi connectivity index (χ2v) is 5.68. The normalized spacial score (nSPS) is 13.4. The topological polar surface area (TPSA) is 32.3 Å². The smallest absolute Gasteiger partial charge is 0.260 e. The SMILES string of the molecule is CC(C)Nc1ccccc1C(=O)N1CCc2ccccc21. The van der Waals surface area contributed by atoms with Crippen molar-refractivity contribution < 1.29 is 4.79 Å². The highest BCUT2D eigenvalue weighted by molar-refractivity contribution is 6.10. The van der Waals surface area contributed by atoms with Gasteiger partial charge in [-0.15, -0.1) is 0 Å². The summed E-state index contributed by atoms with van der Waals surface area (Å²) in [5, 5.41) is 3.35. The van der Waals surface area contributed by atoms with Crippen LogP contribution in [0.1, 0.15) is 29.8 Å². The van der Waals surface area contributed by atoms with E-state index in [1.807, 2.05) is 47.4 Å². The molecule has 0 bridgehead atoms. The van der Waals surface area contributed by atoms with Gasteiger partial charge in [0.25, 0.3) is 5.91 Å². The van der Waals surface area contributed by atoms with Crippen LogP contribution < -0.4 is 10.2 Å². The first kappa shape index (κ1) is 13.7. The molecule has 0 saturated carbocycles. The Morgan fingerprint density at radius 2 is 1.81 bits per heavy atom. The zero-order valence-corrected chi connectivity index (χ0v) is 12.5. The van der Waals surface area contributed by atoms with Gasteiger partial charge in [-0.25, -0.2) is 0 Å². The molecule has 21 heavy (non-hydrogen) atoms. The Bertz CT molecular complexity index is 664. The Balaban J connectivity index is 1.94. The zero-order chi connectivity index (χ0) is 14.8. The fourth-order valence-corrected chi connectivity index (χ4v) is 2.80. The lowest BCUT2D eigenvalue weighted by Gasteiger charge is -2.20. The molecule has 0 unspecified atom stereocenters.